The molecule has 3 heterocycles. The summed E-state index contributed by atoms with van der Waals surface area (Å²) < 4.78 is 5.20. The Morgan fingerprint density at radius 3 is 2.18 bits per heavy atom. The number of allylic oxidation sites excluding steroid dienone is 2. The van der Waals surface area contributed by atoms with Gasteiger partial charge < -0.3 is 14.5 Å². The number of carbonyl (C=O) groups excluding carboxylic acids is 6. The second kappa shape index (κ2) is 7.47. The van der Waals surface area contributed by atoms with Crippen molar-refractivity contribution in [1.29, 1.82) is 0 Å². The molecule has 0 spiro atoms. The molecular formula is C24H21N3O7. The van der Waals surface area contributed by atoms with Crippen molar-refractivity contribution in [2.45, 2.75) is 25.4 Å². The predicted octanol–water partition coefficient (Wildman–Crippen LogP) is 0.0929. The average molecular weight is 463 g/mol. The van der Waals surface area contributed by atoms with E-state index in [4.69, 9.17) is 4.74 Å². The van der Waals surface area contributed by atoms with Crippen molar-refractivity contribution < 1.29 is 33.5 Å². The molecule has 3 aliphatic heterocycles. The molecule has 1 aliphatic carbocycles. The maximum atomic E-state index is 13.4. The number of Topliss-reactive ketones (excluding diaryl/α,β-unsaturated/α-hetero) is 2. The van der Waals surface area contributed by atoms with Gasteiger partial charge in [-0.1, -0.05) is 12.1 Å². The van der Waals surface area contributed by atoms with E-state index in [0.29, 0.717) is 0 Å². The van der Waals surface area contributed by atoms with Gasteiger partial charge in [-0.05, 0) is 19.1 Å². The lowest BCUT2D eigenvalue weighted by Gasteiger charge is -2.48. The van der Waals surface area contributed by atoms with Crippen LogP contribution in [0.3, 0.4) is 0 Å². The first kappa shape index (κ1) is 21.7. The van der Waals surface area contributed by atoms with Crippen LogP contribution in [0.4, 0.5) is 0 Å². The van der Waals surface area contributed by atoms with E-state index in [0.717, 1.165) is 4.90 Å². The van der Waals surface area contributed by atoms with Crippen LogP contribution in [0.15, 0.2) is 46.7 Å². The Hall–Kier alpha value is -4.08. The first-order valence-corrected chi connectivity index (χ1v) is 10.8. The van der Waals surface area contributed by atoms with Gasteiger partial charge in [0, 0.05) is 30.2 Å². The number of hydrogen-bond acceptors (Lipinski definition) is 7. The third-order valence-corrected chi connectivity index (χ3v) is 6.89. The Bertz CT molecular complexity index is 1260. The molecule has 10 nitrogen and oxygen atoms in total. The van der Waals surface area contributed by atoms with E-state index in [9.17, 15) is 28.8 Å². The first-order chi connectivity index (χ1) is 16.2. The van der Waals surface area contributed by atoms with E-state index in [2.05, 4.69) is 0 Å². The number of hydrogen-bond donors (Lipinski definition) is 0. The minimum absolute atomic E-state index is 0.00837. The molecule has 0 saturated carbocycles. The van der Waals surface area contributed by atoms with E-state index in [1.54, 1.807) is 12.1 Å². The predicted molar refractivity (Wildman–Crippen MR) is 115 cm³/mol. The monoisotopic (exact) mass is 463 g/mol. The molecule has 174 valence electrons. The topological polar surface area (TPSA) is 121 Å². The maximum Gasteiger partial charge on any atom is 0.261 e. The van der Waals surface area contributed by atoms with Crippen molar-refractivity contribution in [1.82, 2.24) is 14.7 Å². The first-order valence-electron chi connectivity index (χ1n) is 10.8. The molecule has 0 radical (unpaired) electrons. The van der Waals surface area contributed by atoms with E-state index >= 15 is 0 Å². The van der Waals surface area contributed by atoms with Crippen molar-refractivity contribution in [3.8, 4) is 0 Å². The van der Waals surface area contributed by atoms with Gasteiger partial charge in [0.05, 0.1) is 37.4 Å². The van der Waals surface area contributed by atoms with Gasteiger partial charge in [-0.2, -0.15) is 0 Å². The van der Waals surface area contributed by atoms with Crippen LogP contribution in [0, 0.1) is 0 Å². The number of nitrogens with zero attached hydrogens (tertiary/aromatic N) is 3. The number of fused-ring (bicyclic) bond motifs is 2. The lowest BCUT2D eigenvalue weighted by Crippen LogP contribution is -2.66. The van der Waals surface area contributed by atoms with Crippen LogP contribution >= 0.6 is 0 Å². The lowest BCUT2D eigenvalue weighted by atomic mass is 9.77. The minimum atomic E-state index is -1.16. The van der Waals surface area contributed by atoms with Gasteiger partial charge >= 0.3 is 0 Å². The second-order valence-electron chi connectivity index (χ2n) is 8.71. The molecule has 4 aliphatic rings. The van der Waals surface area contributed by atoms with Gasteiger partial charge in [-0.25, -0.2) is 0 Å². The summed E-state index contributed by atoms with van der Waals surface area (Å²) in [6.45, 7) is 0.887. The summed E-state index contributed by atoms with van der Waals surface area (Å²) in [6, 6.07) is 4.15. The van der Waals surface area contributed by atoms with Gasteiger partial charge in [-0.3, -0.25) is 33.7 Å². The van der Waals surface area contributed by atoms with Gasteiger partial charge in [0.25, 0.3) is 11.8 Å². The van der Waals surface area contributed by atoms with Gasteiger partial charge in [0.15, 0.2) is 11.5 Å². The third-order valence-electron chi connectivity index (χ3n) is 6.89. The zero-order chi connectivity index (χ0) is 24.5. The van der Waals surface area contributed by atoms with Crippen LogP contribution in [0.2, 0.25) is 0 Å². The molecule has 1 fully saturated rings. The van der Waals surface area contributed by atoms with Gasteiger partial charge in [0.1, 0.15) is 6.04 Å². The van der Waals surface area contributed by atoms with E-state index in [-0.39, 0.29) is 59.0 Å². The lowest BCUT2D eigenvalue weighted by molar-refractivity contribution is -0.157. The minimum Gasteiger partial charge on any atom is -0.492 e. The Balaban J connectivity index is 1.64. The molecule has 1 saturated heterocycles. The molecular weight excluding hydrogens is 442 g/mol. The van der Waals surface area contributed by atoms with Crippen LogP contribution < -0.4 is 0 Å². The number of ether oxygens (including phenoxy) is 1. The van der Waals surface area contributed by atoms with E-state index in [1.165, 1.54) is 43.0 Å². The number of ketones is 2. The summed E-state index contributed by atoms with van der Waals surface area (Å²) >= 11 is 0. The highest BCUT2D eigenvalue weighted by Crippen LogP contribution is 2.39. The van der Waals surface area contributed by atoms with Crippen LogP contribution in [0.5, 0.6) is 0 Å². The molecule has 0 unspecified atom stereocenters. The number of amides is 4. The highest BCUT2D eigenvalue weighted by molar-refractivity contribution is 6.26. The zero-order valence-corrected chi connectivity index (χ0v) is 18.8. The van der Waals surface area contributed by atoms with Crippen LogP contribution in [0.25, 0.3) is 0 Å². The largest absolute Gasteiger partial charge is 0.492 e. The van der Waals surface area contributed by atoms with Crippen molar-refractivity contribution in [2.24, 2.45) is 0 Å². The van der Waals surface area contributed by atoms with Crippen molar-refractivity contribution in [2.75, 3.05) is 27.2 Å². The number of imide groups is 1. The summed E-state index contributed by atoms with van der Waals surface area (Å²) in [4.78, 5) is 82.3. The second-order valence-corrected chi connectivity index (χ2v) is 8.71. The molecule has 0 N–H and O–H groups in total. The highest BCUT2D eigenvalue weighted by Gasteiger charge is 2.53. The number of methoxy groups -OCH3 is 1. The summed E-state index contributed by atoms with van der Waals surface area (Å²) in [5.74, 6) is -3.14. The number of rotatable bonds is 3. The highest BCUT2D eigenvalue weighted by atomic mass is 16.5. The Kier molecular flexibility index (Phi) is 4.78. The summed E-state index contributed by atoms with van der Waals surface area (Å²) in [6.07, 6.45) is -0.123. The van der Waals surface area contributed by atoms with E-state index < -0.39 is 41.4 Å². The Labute approximate surface area is 194 Å². The molecule has 10 heteroatoms. The van der Waals surface area contributed by atoms with Crippen molar-refractivity contribution in [3.63, 3.8) is 0 Å². The summed E-state index contributed by atoms with van der Waals surface area (Å²) in [5.41, 5.74) is 0.652. The quantitative estimate of drug-likeness (QED) is 0.460. The standard InChI is InChI=1S/C24H21N3O7/c1-11-19(29)14-8-15-24(33)25(2)10-17(28)27(15)16(18(14)20(30)21(11)34-3)9-26-22(31)12-6-4-5-7-13(12)23(26)32/h4-7,15-16H,8-10H2,1-3H3/t15-,16+/m0/s1. The number of likely N-dealkylation sites (N-methyl/N-ethyl adjacent to an activating group) is 1. The van der Waals surface area contributed by atoms with E-state index in [1.807, 2.05) is 0 Å². The van der Waals surface area contributed by atoms with Crippen molar-refractivity contribution >= 4 is 35.2 Å². The third kappa shape index (κ3) is 2.81. The Morgan fingerprint density at radius 2 is 1.59 bits per heavy atom. The van der Waals surface area contributed by atoms with Crippen LogP contribution in [-0.4, -0.2) is 89.2 Å². The molecule has 1 aromatic rings. The van der Waals surface area contributed by atoms with Gasteiger partial charge in [0.2, 0.25) is 17.6 Å². The molecule has 34 heavy (non-hydrogen) atoms. The molecule has 2 atom stereocenters. The molecule has 5 rings (SSSR count). The maximum absolute atomic E-state index is 13.4. The van der Waals surface area contributed by atoms with Crippen LogP contribution in [0.1, 0.15) is 34.1 Å². The zero-order valence-electron chi connectivity index (χ0n) is 18.8. The normalized spacial score (nSPS) is 24.7. The van der Waals surface area contributed by atoms with Crippen LogP contribution in [-0.2, 0) is 23.9 Å². The molecule has 4 amide bonds. The molecule has 0 bridgehead atoms. The fraction of sp³-hybridized carbons (Fsp3) is 0.333. The number of piperazine rings is 1. The Morgan fingerprint density at radius 1 is 0.971 bits per heavy atom. The summed E-state index contributed by atoms with van der Waals surface area (Å²) in [7, 11) is 2.76. The van der Waals surface area contributed by atoms with Crippen molar-refractivity contribution in [3.05, 3.63) is 57.9 Å². The number of carbonyl (C=O) groups is 6. The average Bonchev–Trinajstić information content (AvgIpc) is 3.06. The smallest absolute Gasteiger partial charge is 0.261 e. The SMILES string of the molecule is COC1=C(C)C(=O)C2=C(C1=O)[C@@H](CN1C(=O)c3ccccc3C1=O)N1C(=O)CN(C)C(=O)[C@@H]1C2. The summed E-state index contributed by atoms with van der Waals surface area (Å²) in [5, 5.41) is 0. The fourth-order valence-electron chi connectivity index (χ4n) is 5.26. The fourth-order valence-corrected chi connectivity index (χ4v) is 5.26. The number of benzene rings is 1. The molecule has 0 aromatic heterocycles. The molecule has 1 aromatic carbocycles. The van der Waals surface area contributed by atoms with Gasteiger partial charge in [-0.15, -0.1) is 0 Å².